The second-order valence-electron chi connectivity index (χ2n) is 6.77. The molecular weight excluding hydrogens is 306 g/mol. The van der Waals surface area contributed by atoms with Crippen molar-refractivity contribution in [1.82, 2.24) is 10.2 Å². The second kappa shape index (κ2) is 10.5. The highest BCUT2D eigenvalue weighted by Gasteiger charge is 2.36. The lowest BCUT2D eigenvalue weighted by Gasteiger charge is -2.23. The number of methoxy groups -OCH3 is 1. The maximum atomic E-state index is 11.9. The van der Waals surface area contributed by atoms with E-state index in [1.165, 1.54) is 7.11 Å². The number of rotatable bonds is 8. The molecule has 1 aliphatic rings. The molecule has 1 N–H and O–H groups in total. The number of guanidine groups is 1. The van der Waals surface area contributed by atoms with Crippen molar-refractivity contribution in [1.29, 1.82) is 0 Å². The molecule has 0 aromatic carbocycles. The van der Waals surface area contributed by atoms with E-state index in [1.54, 1.807) is 0 Å². The standard InChI is InChI=1S/C18H35N3O3/c1-7-19-18(20-10-9-16(13(3)4)24-8-2)21-11-14(5)15(12-21)17(22)23-6/h13-16H,7-12H2,1-6H3,(H,19,20). The van der Waals surface area contributed by atoms with E-state index >= 15 is 0 Å². The number of ether oxygens (including phenoxy) is 2. The van der Waals surface area contributed by atoms with Gasteiger partial charge in [0, 0.05) is 32.8 Å². The molecule has 140 valence electrons. The highest BCUT2D eigenvalue weighted by Crippen LogP contribution is 2.24. The summed E-state index contributed by atoms with van der Waals surface area (Å²) in [6, 6.07) is 0. The van der Waals surface area contributed by atoms with E-state index in [1.807, 2.05) is 6.92 Å². The first-order chi connectivity index (χ1) is 11.4. The molecule has 24 heavy (non-hydrogen) atoms. The van der Waals surface area contributed by atoms with E-state index in [2.05, 4.69) is 37.9 Å². The molecule has 1 rings (SSSR count). The van der Waals surface area contributed by atoms with Crippen LogP contribution in [0.15, 0.2) is 4.99 Å². The number of nitrogens with zero attached hydrogens (tertiary/aromatic N) is 2. The predicted octanol–water partition coefficient (Wildman–Crippen LogP) is 2.14. The molecule has 1 heterocycles. The van der Waals surface area contributed by atoms with Crippen LogP contribution in [0.5, 0.6) is 0 Å². The van der Waals surface area contributed by atoms with Crippen LogP contribution in [0.25, 0.3) is 0 Å². The van der Waals surface area contributed by atoms with Crippen molar-refractivity contribution >= 4 is 11.9 Å². The number of esters is 1. The molecule has 6 heteroatoms. The Labute approximate surface area is 147 Å². The fourth-order valence-electron chi connectivity index (χ4n) is 3.14. The number of likely N-dealkylation sites (tertiary alicyclic amines) is 1. The zero-order valence-corrected chi connectivity index (χ0v) is 16.2. The third-order valence-corrected chi connectivity index (χ3v) is 4.55. The highest BCUT2D eigenvalue weighted by atomic mass is 16.5. The van der Waals surface area contributed by atoms with Crippen LogP contribution in [-0.4, -0.2) is 62.8 Å². The highest BCUT2D eigenvalue weighted by molar-refractivity contribution is 5.82. The molecule has 0 radical (unpaired) electrons. The van der Waals surface area contributed by atoms with Gasteiger partial charge in [0.05, 0.1) is 19.1 Å². The minimum absolute atomic E-state index is 0.0781. The average molecular weight is 341 g/mol. The van der Waals surface area contributed by atoms with Crippen molar-refractivity contribution in [3.05, 3.63) is 0 Å². The maximum Gasteiger partial charge on any atom is 0.310 e. The van der Waals surface area contributed by atoms with Gasteiger partial charge in [-0.05, 0) is 32.1 Å². The predicted molar refractivity (Wildman–Crippen MR) is 97.1 cm³/mol. The third kappa shape index (κ3) is 5.96. The molecule has 0 saturated carbocycles. The van der Waals surface area contributed by atoms with Gasteiger partial charge in [-0.15, -0.1) is 0 Å². The van der Waals surface area contributed by atoms with Gasteiger partial charge in [-0.3, -0.25) is 9.79 Å². The van der Waals surface area contributed by atoms with Gasteiger partial charge in [0.25, 0.3) is 0 Å². The van der Waals surface area contributed by atoms with Gasteiger partial charge in [0.2, 0.25) is 0 Å². The zero-order chi connectivity index (χ0) is 18.1. The first-order valence-corrected chi connectivity index (χ1v) is 9.17. The molecule has 1 fully saturated rings. The van der Waals surface area contributed by atoms with Gasteiger partial charge >= 0.3 is 5.97 Å². The Bertz CT molecular complexity index is 412. The first-order valence-electron chi connectivity index (χ1n) is 9.17. The van der Waals surface area contributed by atoms with Gasteiger partial charge in [-0.2, -0.15) is 0 Å². The molecule has 1 aliphatic heterocycles. The summed E-state index contributed by atoms with van der Waals surface area (Å²) in [4.78, 5) is 18.8. The van der Waals surface area contributed by atoms with Crippen LogP contribution in [0.1, 0.15) is 41.0 Å². The van der Waals surface area contributed by atoms with Crippen molar-refractivity contribution in [2.45, 2.75) is 47.1 Å². The van der Waals surface area contributed by atoms with Gasteiger partial charge in [0.15, 0.2) is 5.96 Å². The Morgan fingerprint density at radius 3 is 2.58 bits per heavy atom. The van der Waals surface area contributed by atoms with Gasteiger partial charge < -0.3 is 19.7 Å². The number of aliphatic imine (C=N–C) groups is 1. The molecule has 3 atom stereocenters. The average Bonchev–Trinajstić information content (AvgIpc) is 2.94. The van der Waals surface area contributed by atoms with Crippen molar-refractivity contribution in [2.24, 2.45) is 22.7 Å². The zero-order valence-electron chi connectivity index (χ0n) is 16.2. The summed E-state index contributed by atoms with van der Waals surface area (Å²) in [7, 11) is 1.46. The summed E-state index contributed by atoms with van der Waals surface area (Å²) in [5, 5.41) is 3.34. The Hall–Kier alpha value is -1.30. The number of hydrogen-bond acceptors (Lipinski definition) is 4. The lowest BCUT2D eigenvalue weighted by atomic mass is 9.99. The molecule has 1 saturated heterocycles. The minimum atomic E-state index is -0.128. The molecular formula is C18H35N3O3. The quantitative estimate of drug-likeness (QED) is 0.416. The molecule has 0 aromatic heterocycles. The maximum absolute atomic E-state index is 11.9. The third-order valence-electron chi connectivity index (χ3n) is 4.55. The number of hydrogen-bond donors (Lipinski definition) is 1. The lowest BCUT2D eigenvalue weighted by Crippen LogP contribution is -2.41. The van der Waals surface area contributed by atoms with Crippen molar-refractivity contribution in [2.75, 3.05) is 39.9 Å². The Kier molecular flexibility index (Phi) is 9.11. The SMILES string of the molecule is CCNC(=NCCC(OCC)C(C)C)N1CC(C)C(C(=O)OC)C1. The summed E-state index contributed by atoms with van der Waals surface area (Å²) in [5.74, 6) is 1.43. The van der Waals surface area contributed by atoms with Crippen LogP contribution < -0.4 is 5.32 Å². The minimum Gasteiger partial charge on any atom is -0.469 e. The number of nitrogens with one attached hydrogen (secondary N) is 1. The van der Waals surface area contributed by atoms with Crippen LogP contribution >= 0.6 is 0 Å². The summed E-state index contributed by atoms with van der Waals surface area (Å²) in [6.45, 7) is 14.3. The Morgan fingerprint density at radius 2 is 2.04 bits per heavy atom. The molecule has 0 bridgehead atoms. The molecule has 6 nitrogen and oxygen atoms in total. The van der Waals surface area contributed by atoms with E-state index in [-0.39, 0.29) is 23.9 Å². The Morgan fingerprint density at radius 1 is 1.33 bits per heavy atom. The van der Waals surface area contributed by atoms with Crippen molar-refractivity contribution in [3.8, 4) is 0 Å². The van der Waals surface area contributed by atoms with Gasteiger partial charge in [-0.25, -0.2) is 0 Å². The Balaban J connectivity index is 2.67. The molecule has 0 aromatic rings. The largest absolute Gasteiger partial charge is 0.469 e. The fourth-order valence-corrected chi connectivity index (χ4v) is 3.14. The molecule has 0 amide bonds. The van der Waals surface area contributed by atoms with Crippen LogP contribution in [0, 0.1) is 17.8 Å². The van der Waals surface area contributed by atoms with Crippen LogP contribution in [0.2, 0.25) is 0 Å². The molecule has 0 aliphatic carbocycles. The second-order valence-corrected chi connectivity index (χ2v) is 6.77. The smallest absolute Gasteiger partial charge is 0.310 e. The summed E-state index contributed by atoms with van der Waals surface area (Å²) in [6.07, 6.45) is 1.14. The fraction of sp³-hybridized carbons (Fsp3) is 0.889. The number of carbonyl (C=O) groups is 1. The molecule has 0 spiro atoms. The van der Waals surface area contributed by atoms with E-state index in [9.17, 15) is 4.79 Å². The van der Waals surface area contributed by atoms with E-state index in [0.717, 1.165) is 38.6 Å². The topological polar surface area (TPSA) is 63.2 Å². The van der Waals surface area contributed by atoms with E-state index in [4.69, 9.17) is 14.5 Å². The van der Waals surface area contributed by atoms with Crippen LogP contribution in [0.3, 0.4) is 0 Å². The lowest BCUT2D eigenvalue weighted by molar-refractivity contribution is -0.145. The number of carbonyl (C=O) groups excluding carboxylic acids is 1. The van der Waals surface area contributed by atoms with Crippen molar-refractivity contribution < 1.29 is 14.3 Å². The normalized spacial score (nSPS) is 22.8. The van der Waals surface area contributed by atoms with Gasteiger partial charge in [-0.1, -0.05) is 20.8 Å². The summed E-state index contributed by atoms with van der Waals surface area (Å²) in [5.41, 5.74) is 0. The van der Waals surface area contributed by atoms with Crippen LogP contribution in [0.4, 0.5) is 0 Å². The van der Waals surface area contributed by atoms with Crippen LogP contribution in [-0.2, 0) is 14.3 Å². The monoisotopic (exact) mass is 341 g/mol. The van der Waals surface area contributed by atoms with E-state index < -0.39 is 0 Å². The summed E-state index contributed by atoms with van der Waals surface area (Å²) >= 11 is 0. The van der Waals surface area contributed by atoms with E-state index in [0.29, 0.717) is 12.5 Å². The van der Waals surface area contributed by atoms with Crippen molar-refractivity contribution in [3.63, 3.8) is 0 Å². The first kappa shape index (κ1) is 20.7. The molecule has 3 unspecified atom stereocenters. The van der Waals surface area contributed by atoms with Gasteiger partial charge in [0.1, 0.15) is 0 Å². The summed E-state index contributed by atoms with van der Waals surface area (Å²) < 4.78 is 10.7.